The predicted octanol–water partition coefficient (Wildman–Crippen LogP) is 1.21. The second kappa shape index (κ2) is 7.58. The van der Waals surface area contributed by atoms with E-state index in [9.17, 15) is 18.0 Å². The molecule has 0 radical (unpaired) electrons. The Kier molecular flexibility index (Phi) is 6.42. The van der Waals surface area contributed by atoms with Crippen LogP contribution in [-0.4, -0.2) is 44.4 Å². The van der Waals surface area contributed by atoms with Gasteiger partial charge in [0.1, 0.15) is 6.61 Å². The van der Waals surface area contributed by atoms with Crippen molar-refractivity contribution in [2.75, 3.05) is 26.3 Å². The van der Waals surface area contributed by atoms with Crippen LogP contribution >= 0.6 is 0 Å². The van der Waals surface area contributed by atoms with E-state index in [4.69, 9.17) is 0 Å². The maximum absolute atomic E-state index is 11.8. The van der Waals surface area contributed by atoms with Crippen molar-refractivity contribution in [1.82, 2.24) is 10.6 Å². The molecule has 106 valence electrons. The molecule has 1 atom stereocenters. The third-order valence-corrected chi connectivity index (χ3v) is 2.69. The lowest BCUT2D eigenvalue weighted by molar-refractivity contribution is -0.173. The van der Waals surface area contributed by atoms with Crippen molar-refractivity contribution in [2.45, 2.75) is 37.9 Å². The molecule has 1 heterocycles. The zero-order valence-electron chi connectivity index (χ0n) is 10.2. The maximum atomic E-state index is 11.8. The number of amides is 1. The van der Waals surface area contributed by atoms with E-state index in [-0.39, 0.29) is 25.1 Å². The molecule has 7 heteroatoms. The second-order valence-electron chi connectivity index (χ2n) is 4.31. The van der Waals surface area contributed by atoms with Crippen molar-refractivity contribution in [2.24, 2.45) is 0 Å². The molecule has 1 unspecified atom stereocenters. The third-order valence-electron chi connectivity index (χ3n) is 2.69. The summed E-state index contributed by atoms with van der Waals surface area (Å²) in [6.07, 6.45) is -0.387. The largest absolute Gasteiger partial charge is 0.411 e. The molecule has 0 aromatic carbocycles. The number of ether oxygens (including phenoxy) is 1. The monoisotopic (exact) mass is 268 g/mol. The molecule has 0 aromatic heterocycles. The lowest BCUT2D eigenvalue weighted by Gasteiger charge is -2.15. The summed E-state index contributed by atoms with van der Waals surface area (Å²) in [5.41, 5.74) is 0. The van der Waals surface area contributed by atoms with Crippen LogP contribution in [0.4, 0.5) is 13.2 Å². The Balaban J connectivity index is 2.09. The molecule has 2 N–H and O–H groups in total. The van der Waals surface area contributed by atoms with Crippen LogP contribution in [0.2, 0.25) is 0 Å². The third kappa shape index (κ3) is 6.80. The van der Waals surface area contributed by atoms with Crippen molar-refractivity contribution >= 4 is 5.91 Å². The summed E-state index contributed by atoms with van der Waals surface area (Å²) in [5, 5.41) is 5.69. The van der Waals surface area contributed by atoms with Gasteiger partial charge in [-0.05, 0) is 19.4 Å². The number of alkyl halides is 3. The van der Waals surface area contributed by atoms with Gasteiger partial charge in [0.2, 0.25) is 5.91 Å². The van der Waals surface area contributed by atoms with Gasteiger partial charge in [-0.25, -0.2) is 0 Å². The lowest BCUT2D eigenvalue weighted by Crippen LogP contribution is -2.44. The van der Waals surface area contributed by atoms with Crippen LogP contribution in [-0.2, 0) is 9.53 Å². The number of rotatable bonds is 5. The maximum Gasteiger partial charge on any atom is 0.411 e. The fourth-order valence-corrected chi connectivity index (χ4v) is 1.81. The minimum Gasteiger partial charge on any atom is -0.370 e. The molecule has 0 spiro atoms. The van der Waals surface area contributed by atoms with Gasteiger partial charge < -0.3 is 15.4 Å². The summed E-state index contributed by atoms with van der Waals surface area (Å²) >= 11 is 0. The highest BCUT2D eigenvalue weighted by molar-refractivity contribution is 5.81. The molecular formula is C11H19F3N2O2. The fourth-order valence-electron chi connectivity index (χ4n) is 1.81. The molecule has 0 bridgehead atoms. The number of hydrogen-bond donors (Lipinski definition) is 2. The van der Waals surface area contributed by atoms with Gasteiger partial charge in [-0.15, -0.1) is 0 Å². The summed E-state index contributed by atoms with van der Waals surface area (Å²) in [4.78, 5) is 11.7. The van der Waals surface area contributed by atoms with E-state index in [1.165, 1.54) is 0 Å². The smallest absolute Gasteiger partial charge is 0.370 e. The molecule has 18 heavy (non-hydrogen) atoms. The molecule has 1 aliphatic heterocycles. The fraction of sp³-hybridized carbons (Fsp3) is 0.909. The molecule has 4 nitrogen and oxygen atoms in total. The van der Waals surface area contributed by atoms with Crippen molar-refractivity contribution < 1.29 is 22.7 Å². The number of carbonyl (C=O) groups is 1. The van der Waals surface area contributed by atoms with Crippen molar-refractivity contribution in [3.05, 3.63) is 0 Å². The van der Waals surface area contributed by atoms with E-state index in [0.717, 1.165) is 32.2 Å². The number of nitrogens with one attached hydrogen (secondary N) is 2. The highest BCUT2D eigenvalue weighted by atomic mass is 19.4. The van der Waals surface area contributed by atoms with Crippen LogP contribution < -0.4 is 10.6 Å². The molecule has 1 saturated heterocycles. The lowest BCUT2D eigenvalue weighted by atomic mass is 10.1. The molecule has 1 fully saturated rings. The number of hydrogen-bond acceptors (Lipinski definition) is 3. The van der Waals surface area contributed by atoms with Gasteiger partial charge >= 0.3 is 6.18 Å². The Bertz CT molecular complexity index is 251. The Hall–Kier alpha value is -0.820. The van der Waals surface area contributed by atoms with Crippen LogP contribution in [0.3, 0.4) is 0 Å². The zero-order valence-corrected chi connectivity index (χ0v) is 10.2. The van der Waals surface area contributed by atoms with Crippen molar-refractivity contribution in [3.63, 3.8) is 0 Å². The molecule has 0 saturated carbocycles. The Labute approximate surface area is 104 Å². The van der Waals surface area contributed by atoms with Crippen molar-refractivity contribution in [1.29, 1.82) is 0 Å². The van der Waals surface area contributed by atoms with Gasteiger partial charge in [-0.3, -0.25) is 4.79 Å². The average Bonchev–Trinajstić information content (AvgIpc) is 2.55. The topological polar surface area (TPSA) is 50.4 Å². The Morgan fingerprint density at radius 1 is 1.33 bits per heavy atom. The molecule has 0 aromatic rings. The van der Waals surface area contributed by atoms with Gasteiger partial charge in [-0.2, -0.15) is 13.2 Å². The van der Waals surface area contributed by atoms with E-state index >= 15 is 0 Å². The SMILES string of the molecule is O=C(NCCOCC(F)(F)F)C1CCCCCN1. The summed E-state index contributed by atoms with van der Waals surface area (Å²) < 4.78 is 39.7. The van der Waals surface area contributed by atoms with E-state index in [0.29, 0.717) is 0 Å². The summed E-state index contributed by atoms with van der Waals surface area (Å²) in [6, 6.07) is -0.227. The quantitative estimate of drug-likeness (QED) is 0.737. The van der Waals surface area contributed by atoms with Gasteiger partial charge in [0, 0.05) is 6.54 Å². The molecule has 1 amide bonds. The van der Waals surface area contributed by atoms with Crippen LogP contribution in [0.5, 0.6) is 0 Å². The Morgan fingerprint density at radius 2 is 2.11 bits per heavy atom. The van der Waals surface area contributed by atoms with Crippen LogP contribution in [0.15, 0.2) is 0 Å². The van der Waals surface area contributed by atoms with Crippen LogP contribution in [0.25, 0.3) is 0 Å². The van der Waals surface area contributed by atoms with Gasteiger partial charge in [0.05, 0.1) is 12.6 Å². The van der Waals surface area contributed by atoms with Crippen LogP contribution in [0.1, 0.15) is 25.7 Å². The minimum atomic E-state index is -4.31. The summed E-state index contributed by atoms with van der Waals surface area (Å²) in [7, 11) is 0. The zero-order chi connectivity index (χ0) is 13.4. The molecule has 0 aliphatic carbocycles. The van der Waals surface area contributed by atoms with Crippen molar-refractivity contribution in [3.8, 4) is 0 Å². The first kappa shape index (κ1) is 15.2. The highest BCUT2D eigenvalue weighted by Crippen LogP contribution is 2.14. The first-order chi connectivity index (χ1) is 8.49. The van der Waals surface area contributed by atoms with Gasteiger partial charge in [0.15, 0.2) is 0 Å². The van der Waals surface area contributed by atoms with E-state index in [1.54, 1.807) is 0 Å². The van der Waals surface area contributed by atoms with E-state index in [1.807, 2.05) is 0 Å². The van der Waals surface area contributed by atoms with E-state index in [2.05, 4.69) is 15.4 Å². The first-order valence-electron chi connectivity index (χ1n) is 6.14. The summed E-state index contributed by atoms with van der Waals surface area (Å²) in [6.45, 7) is -0.488. The minimum absolute atomic E-state index is 0.104. The first-order valence-corrected chi connectivity index (χ1v) is 6.14. The highest BCUT2D eigenvalue weighted by Gasteiger charge is 2.27. The molecule has 1 rings (SSSR count). The van der Waals surface area contributed by atoms with Gasteiger partial charge in [-0.1, -0.05) is 12.8 Å². The Morgan fingerprint density at radius 3 is 2.83 bits per heavy atom. The average molecular weight is 268 g/mol. The number of halogens is 3. The standard InChI is InChI=1S/C11H19F3N2O2/c12-11(13,14)8-18-7-6-16-10(17)9-4-2-1-3-5-15-9/h9,15H,1-8H2,(H,16,17). The van der Waals surface area contributed by atoms with E-state index < -0.39 is 12.8 Å². The predicted molar refractivity (Wildman–Crippen MR) is 60.1 cm³/mol. The number of carbonyl (C=O) groups excluding carboxylic acids is 1. The van der Waals surface area contributed by atoms with Gasteiger partial charge in [0.25, 0.3) is 0 Å². The normalized spacial score (nSPS) is 21.4. The second-order valence-corrected chi connectivity index (χ2v) is 4.31. The molecule has 1 aliphatic rings. The molecular weight excluding hydrogens is 249 g/mol. The summed E-state index contributed by atoms with van der Waals surface area (Å²) in [5.74, 6) is -0.160. The van der Waals surface area contributed by atoms with Crippen LogP contribution in [0, 0.1) is 0 Å².